The first kappa shape index (κ1) is 24.9. The summed E-state index contributed by atoms with van der Waals surface area (Å²) in [7, 11) is 3.88. The minimum atomic E-state index is -0.917. The van der Waals surface area contributed by atoms with Gasteiger partial charge in [-0.3, -0.25) is 19.3 Å². The smallest absolute Gasteiger partial charge is 0.256 e. The van der Waals surface area contributed by atoms with Crippen LogP contribution in [0.25, 0.3) is 0 Å². The number of aryl methyl sites for hydroxylation is 1. The monoisotopic (exact) mass is 478 g/mol. The number of ether oxygens (including phenoxy) is 1. The summed E-state index contributed by atoms with van der Waals surface area (Å²) in [5.41, 5.74) is 1.29. The summed E-state index contributed by atoms with van der Waals surface area (Å²) in [5.74, 6) is -0.471. The van der Waals surface area contributed by atoms with Crippen molar-refractivity contribution < 1.29 is 19.1 Å². The highest BCUT2D eigenvalue weighted by Crippen LogP contribution is 2.38. The van der Waals surface area contributed by atoms with Crippen molar-refractivity contribution in [2.24, 2.45) is 0 Å². The number of carbonyl (C=O) groups excluding carboxylic acids is 3. The fourth-order valence-electron chi connectivity index (χ4n) is 4.83. The lowest BCUT2D eigenvalue weighted by atomic mass is 9.96. The molecule has 4 rings (SSSR count). The fraction of sp³-hybridized carbons (Fsp3) is 0.444. The second-order valence-corrected chi connectivity index (χ2v) is 9.57. The number of likely N-dealkylation sites (N-methyl/N-ethyl adjacent to an activating group) is 1. The lowest BCUT2D eigenvalue weighted by molar-refractivity contribution is -0.128. The summed E-state index contributed by atoms with van der Waals surface area (Å²) < 4.78 is 6.25. The first-order chi connectivity index (χ1) is 16.8. The van der Waals surface area contributed by atoms with E-state index in [9.17, 15) is 14.4 Å². The van der Waals surface area contributed by atoms with Crippen LogP contribution in [0.5, 0.6) is 0 Å². The van der Waals surface area contributed by atoms with Crippen LogP contribution in [-0.4, -0.2) is 91.1 Å². The standard InChI is InChI=1S/C27H34N4O4/c1-20-8-7-11-22(18-20)25(33)30-15-12-27(13-16-30)31(26(34)21-9-5-4-6-10-21)23(19-35-27)24(32)28-14-17-29(2)3/h4-11,18,23H,12-17,19H2,1-3H3,(H,28,32)/t23-/m1/s1. The Bertz CT molecular complexity index is 1060. The van der Waals surface area contributed by atoms with E-state index in [1.54, 1.807) is 21.9 Å². The maximum Gasteiger partial charge on any atom is 0.256 e. The van der Waals surface area contributed by atoms with Gasteiger partial charge in [0.1, 0.15) is 11.8 Å². The van der Waals surface area contributed by atoms with E-state index in [2.05, 4.69) is 5.32 Å². The van der Waals surface area contributed by atoms with Crippen molar-refractivity contribution in [2.75, 3.05) is 46.9 Å². The molecule has 186 valence electrons. The number of piperidine rings is 1. The Morgan fingerprint density at radius 2 is 1.69 bits per heavy atom. The van der Waals surface area contributed by atoms with Crippen LogP contribution in [0.4, 0.5) is 0 Å². The van der Waals surface area contributed by atoms with E-state index in [0.717, 1.165) is 5.56 Å². The summed E-state index contributed by atoms with van der Waals surface area (Å²) in [6, 6.07) is 15.8. The molecule has 35 heavy (non-hydrogen) atoms. The molecular weight excluding hydrogens is 444 g/mol. The lowest BCUT2D eigenvalue weighted by Gasteiger charge is -2.44. The number of hydrogen-bond acceptors (Lipinski definition) is 5. The second-order valence-electron chi connectivity index (χ2n) is 9.57. The molecule has 1 spiro atoms. The molecule has 0 radical (unpaired) electrons. The number of likely N-dealkylation sites (tertiary alicyclic amines) is 1. The topological polar surface area (TPSA) is 82.2 Å². The van der Waals surface area contributed by atoms with Crippen LogP contribution >= 0.6 is 0 Å². The molecule has 0 aromatic heterocycles. The first-order valence-electron chi connectivity index (χ1n) is 12.1. The molecule has 2 aliphatic rings. The van der Waals surface area contributed by atoms with Gasteiger partial charge in [-0.05, 0) is 45.3 Å². The number of carbonyl (C=O) groups is 3. The summed E-state index contributed by atoms with van der Waals surface area (Å²) >= 11 is 0. The van der Waals surface area contributed by atoms with E-state index < -0.39 is 11.8 Å². The molecular formula is C27H34N4O4. The quantitative estimate of drug-likeness (QED) is 0.688. The Morgan fingerprint density at radius 1 is 1.00 bits per heavy atom. The number of rotatable bonds is 6. The Kier molecular flexibility index (Phi) is 7.52. The van der Waals surface area contributed by atoms with Crippen LogP contribution in [0.1, 0.15) is 39.1 Å². The summed E-state index contributed by atoms with van der Waals surface area (Å²) in [6.07, 6.45) is 0.898. The van der Waals surface area contributed by atoms with Crippen molar-refractivity contribution in [3.63, 3.8) is 0 Å². The van der Waals surface area contributed by atoms with E-state index in [1.165, 1.54) is 0 Å². The van der Waals surface area contributed by atoms with E-state index >= 15 is 0 Å². The maximum atomic E-state index is 13.7. The minimum Gasteiger partial charge on any atom is -0.353 e. The van der Waals surface area contributed by atoms with Crippen molar-refractivity contribution in [3.8, 4) is 0 Å². The van der Waals surface area contributed by atoms with Crippen molar-refractivity contribution in [1.82, 2.24) is 20.0 Å². The Balaban J connectivity index is 1.53. The lowest BCUT2D eigenvalue weighted by Crippen LogP contribution is -2.60. The zero-order chi connectivity index (χ0) is 25.0. The van der Waals surface area contributed by atoms with Crippen molar-refractivity contribution >= 4 is 17.7 Å². The molecule has 2 aliphatic heterocycles. The van der Waals surface area contributed by atoms with Crippen molar-refractivity contribution in [1.29, 1.82) is 0 Å². The molecule has 1 N–H and O–H groups in total. The summed E-state index contributed by atoms with van der Waals surface area (Å²) in [5, 5.41) is 2.95. The molecule has 2 fully saturated rings. The highest BCUT2D eigenvalue weighted by atomic mass is 16.5. The van der Waals surface area contributed by atoms with Crippen LogP contribution in [0.15, 0.2) is 54.6 Å². The first-order valence-corrected chi connectivity index (χ1v) is 12.1. The number of hydrogen-bond donors (Lipinski definition) is 1. The molecule has 1 atom stereocenters. The predicted octanol–water partition coefficient (Wildman–Crippen LogP) is 2.15. The van der Waals surface area contributed by atoms with Gasteiger partial charge in [0.15, 0.2) is 0 Å². The average molecular weight is 479 g/mol. The van der Waals surface area contributed by atoms with Crippen LogP contribution in [0.2, 0.25) is 0 Å². The van der Waals surface area contributed by atoms with Gasteiger partial charge in [0.25, 0.3) is 11.8 Å². The maximum absolute atomic E-state index is 13.7. The number of amides is 3. The van der Waals surface area contributed by atoms with Gasteiger partial charge in [-0.25, -0.2) is 0 Å². The highest BCUT2D eigenvalue weighted by Gasteiger charge is 2.54. The highest BCUT2D eigenvalue weighted by molar-refractivity contribution is 5.98. The predicted molar refractivity (Wildman–Crippen MR) is 133 cm³/mol. The third kappa shape index (κ3) is 5.39. The van der Waals surface area contributed by atoms with Gasteiger partial charge in [-0.2, -0.15) is 0 Å². The Hall–Kier alpha value is -3.23. The van der Waals surface area contributed by atoms with Gasteiger partial charge in [-0.15, -0.1) is 0 Å². The van der Waals surface area contributed by atoms with E-state index in [0.29, 0.717) is 50.1 Å². The fourth-order valence-corrected chi connectivity index (χ4v) is 4.83. The van der Waals surface area contributed by atoms with Gasteiger partial charge in [0, 0.05) is 50.1 Å². The van der Waals surface area contributed by atoms with Crippen molar-refractivity contribution in [2.45, 2.75) is 31.5 Å². The Labute approximate surface area is 206 Å². The third-order valence-electron chi connectivity index (χ3n) is 6.76. The molecule has 3 amide bonds. The van der Waals surface area contributed by atoms with Gasteiger partial charge in [-0.1, -0.05) is 35.9 Å². The van der Waals surface area contributed by atoms with Gasteiger partial charge < -0.3 is 19.9 Å². The molecule has 2 aromatic rings. The third-order valence-corrected chi connectivity index (χ3v) is 6.76. The van der Waals surface area contributed by atoms with Crippen LogP contribution in [0.3, 0.4) is 0 Å². The number of benzene rings is 2. The van der Waals surface area contributed by atoms with E-state index in [1.807, 2.05) is 68.4 Å². The number of nitrogens with one attached hydrogen (secondary N) is 1. The molecule has 8 nitrogen and oxygen atoms in total. The summed E-state index contributed by atoms with van der Waals surface area (Å²) in [6.45, 7) is 4.18. The van der Waals surface area contributed by atoms with Crippen LogP contribution in [0, 0.1) is 6.92 Å². The Morgan fingerprint density at radius 3 is 2.34 bits per heavy atom. The molecule has 2 saturated heterocycles. The molecule has 0 saturated carbocycles. The zero-order valence-electron chi connectivity index (χ0n) is 20.7. The SMILES string of the molecule is Cc1cccc(C(=O)N2CCC3(CC2)OC[C@H](C(=O)NCCN(C)C)N3C(=O)c2ccccc2)c1. The normalized spacial score (nSPS) is 19.3. The van der Waals surface area contributed by atoms with Crippen LogP contribution in [-0.2, 0) is 9.53 Å². The summed E-state index contributed by atoms with van der Waals surface area (Å²) in [4.78, 5) is 45.3. The number of nitrogens with zero attached hydrogens (tertiary/aromatic N) is 3. The van der Waals surface area contributed by atoms with E-state index in [4.69, 9.17) is 4.74 Å². The largest absolute Gasteiger partial charge is 0.353 e. The molecule has 0 unspecified atom stereocenters. The van der Waals surface area contributed by atoms with Crippen molar-refractivity contribution in [3.05, 3.63) is 71.3 Å². The van der Waals surface area contributed by atoms with Gasteiger partial charge >= 0.3 is 0 Å². The zero-order valence-corrected chi connectivity index (χ0v) is 20.7. The molecule has 8 heteroatoms. The van der Waals surface area contributed by atoms with Gasteiger partial charge in [0.05, 0.1) is 6.61 Å². The average Bonchev–Trinajstić information content (AvgIpc) is 3.22. The van der Waals surface area contributed by atoms with Gasteiger partial charge in [0.2, 0.25) is 5.91 Å². The molecule has 0 aliphatic carbocycles. The second kappa shape index (κ2) is 10.6. The minimum absolute atomic E-state index is 0.0274. The van der Waals surface area contributed by atoms with E-state index in [-0.39, 0.29) is 24.3 Å². The molecule has 2 heterocycles. The molecule has 0 bridgehead atoms. The van der Waals surface area contributed by atoms with Crippen LogP contribution < -0.4 is 5.32 Å². The molecule has 2 aromatic carbocycles.